The Kier molecular flexibility index (Phi) is 14.6. The molecule has 0 saturated heterocycles. The van der Waals surface area contributed by atoms with Gasteiger partial charge in [-0.2, -0.15) is 0 Å². The van der Waals surface area contributed by atoms with Gasteiger partial charge >= 0.3 is 0 Å². The minimum Gasteiger partial charge on any atom is -0.368 e. The van der Waals surface area contributed by atoms with Gasteiger partial charge in [0.05, 0.1) is 6.61 Å². The second-order valence-electron chi connectivity index (χ2n) is 8.37. The van der Waals surface area contributed by atoms with Crippen molar-refractivity contribution in [2.24, 2.45) is 16.6 Å². The van der Waals surface area contributed by atoms with Crippen LogP contribution >= 0.6 is 0 Å². The summed E-state index contributed by atoms with van der Waals surface area (Å²) in [5.41, 5.74) is 9.42. The minimum atomic E-state index is -0.799. The molecule has 0 aromatic heterocycles. The Hall–Kier alpha value is -2.67. The Morgan fingerprint density at radius 3 is 2.76 bits per heavy atom. The lowest BCUT2D eigenvalue weighted by atomic mass is 9.90. The van der Waals surface area contributed by atoms with Crippen molar-refractivity contribution in [3.8, 4) is 0 Å². The first-order valence-corrected chi connectivity index (χ1v) is 11.8. The quantitative estimate of drug-likeness (QED) is 0.153. The topological polar surface area (TPSA) is 84.9 Å². The van der Waals surface area contributed by atoms with E-state index >= 15 is 0 Å². The van der Waals surface area contributed by atoms with Crippen LogP contribution in [0.3, 0.4) is 0 Å². The summed E-state index contributed by atoms with van der Waals surface area (Å²) in [6.45, 7) is 8.32. The Morgan fingerprint density at radius 2 is 2.09 bits per heavy atom. The summed E-state index contributed by atoms with van der Waals surface area (Å²) in [6, 6.07) is 0. The molecule has 6 heteroatoms. The number of Topliss-reactive ketones (excluding diaryl/α,β-unsaturated/α-hetero) is 1. The fraction of sp³-hybridized carbons (Fsp3) is 0.429. The average Bonchev–Trinajstić information content (AvgIpc) is 3.34. The summed E-state index contributed by atoms with van der Waals surface area (Å²) in [7, 11) is 0. The fourth-order valence-corrected chi connectivity index (χ4v) is 4.12. The number of halogens is 1. The van der Waals surface area contributed by atoms with Crippen LogP contribution in [0, 0.1) is 5.92 Å². The van der Waals surface area contributed by atoms with E-state index in [2.05, 4.69) is 30.3 Å². The number of hydrogen-bond donors (Lipinski definition) is 2. The van der Waals surface area contributed by atoms with E-state index in [0.717, 1.165) is 29.6 Å². The smallest absolute Gasteiger partial charge is 0.166 e. The van der Waals surface area contributed by atoms with Gasteiger partial charge < -0.3 is 15.6 Å². The highest BCUT2D eigenvalue weighted by atomic mass is 19.0. The summed E-state index contributed by atoms with van der Waals surface area (Å²) in [5.74, 6) is 0.549. The molecule has 5 nitrogen and oxygen atoms in total. The van der Waals surface area contributed by atoms with Crippen LogP contribution in [0.4, 0.5) is 4.70 Å². The summed E-state index contributed by atoms with van der Waals surface area (Å²) < 4.78 is 5.71. The molecule has 0 radical (unpaired) electrons. The zero-order valence-electron chi connectivity index (χ0n) is 20.0. The maximum absolute atomic E-state index is 12.6. The van der Waals surface area contributed by atoms with E-state index < -0.39 is 6.29 Å². The van der Waals surface area contributed by atoms with Crippen LogP contribution in [0.1, 0.15) is 51.4 Å². The van der Waals surface area contributed by atoms with Crippen LogP contribution in [0.5, 0.6) is 0 Å². The zero-order chi connectivity index (χ0) is 23.9. The third kappa shape index (κ3) is 10.5. The monoisotopic (exact) mass is 470 g/mol. The molecular weight excluding hydrogens is 431 g/mol. The maximum atomic E-state index is 12.6. The number of carbonyl (C=O) groups excluding carboxylic acids is 1. The average molecular weight is 471 g/mol. The first-order chi connectivity index (χ1) is 16.1. The highest BCUT2D eigenvalue weighted by Gasteiger charge is 2.18. The second-order valence-corrected chi connectivity index (χ2v) is 8.37. The number of carbonyl (C=O) groups is 1. The van der Waals surface area contributed by atoms with Crippen LogP contribution in [0.25, 0.3) is 0 Å². The number of rotatable bonds is 14. The summed E-state index contributed by atoms with van der Waals surface area (Å²) in [6.07, 6.45) is 22.6. The first kappa shape index (κ1) is 29.4. The Bertz CT molecular complexity index is 859. The molecule has 0 aliphatic heterocycles. The molecule has 2 rings (SSSR count). The predicted octanol–water partition coefficient (Wildman–Crippen LogP) is 5.43. The first-order valence-electron chi connectivity index (χ1n) is 11.8. The van der Waals surface area contributed by atoms with Crippen LogP contribution < -0.4 is 5.73 Å². The molecule has 1 saturated carbocycles. The molecule has 0 heterocycles. The van der Waals surface area contributed by atoms with Gasteiger partial charge in [-0.25, -0.2) is 0 Å². The molecule has 0 aromatic rings. The molecule has 1 atom stereocenters. The molecule has 0 aromatic carbocycles. The lowest BCUT2D eigenvalue weighted by molar-refractivity contribution is -0.114. The van der Waals surface area contributed by atoms with Crippen molar-refractivity contribution in [1.82, 2.24) is 0 Å². The Balaban J connectivity index is 0.00000578. The van der Waals surface area contributed by atoms with Gasteiger partial charge in [0.15, 0.2) is 12.1 Å². The van der Waals surface area contributed by atoms with Crippen molar-refractivity contribution in [1.29, 1.82) is 0 Å². The van der Waals surface area contributed by atoms with Crippen LogP contribution in [0.2, 0.25) is 0 Å². The molecule has 0 bridgehead atoms. The SMILES string of the molecule is C=CN=C/C=C/CC(=O)/C(C=C)=C/C(=C/CN)C1=CC(CC(O)OCC2CCCC2)=CCC1.F. The Morgan fingerprint density at radius 1 is 1.32 bits per heavy atom. The van der Waals surface area contributed by atoms with Crippen molar-refractivity contribution in [3.05, 3.63) is 84.2 Å². The van der Waals surface area contributed by atoms with Crippen molar-refractivity contribution >= 4 is 12.0 Å². The van der Waals surface area contributed by atoms with Crippen molar-refractivity contribution in [2.45, 2.75) is 57.7 Å². The van der Waals surface area contributed by atoms with Gasteiger partial charge in [-0.1, -0.05) is 56.4 Å². The van der Waals surface area contributed by atoms with Crippen molar-refractivity contribution < 1.29 is 19.3 Å². The normalized spacial score (nSPS) is 18.5. The second kappa shape index (κ2) is 16.9. The van der Waals surface area contributed by atoms with E-state index in [0.29, 0.717) is 31.1 Å². The fourth-order valence-electron chi connectivity index (χ4n) is 4.12. The molecule has 34 heavy (non-hydrogen) atoms. The standard InChI is InChI=1S/C28H38N2O3.FH/c1-3-24(27(31)14-7-8-17-30-4-2)20-26(15-16-29)25-13-9-12-23(18-25)19-28(32)33-21-22-10-5-6-11-22;/h3-4,7-8,12,15,17-18,20,22,28,32H,1-2,5-6,9-11,13-14,16,19,21,29H2;1H/b8-7+,24-20+,26-15-,30-17?;. The van der Waals surface area contributed by atoms with Gasteiger partial charge in [0.2, 0.25) is 0 Å². The number of ketones is 1. The third-order valence-corrected chi connectivity index (χ3v) is 5.87. The number of aliphatic imine (C=N–C) groups is 1. The zero-order valence-corrected chi connectivity index (χ0v) is 20.0. The van der Waals surface area contributed by atoms with Gasteiger partial charge in [0.1, 0.15) is 0 Å². The van der Waals surface area contributed by atoms with E-state index in [1.807, 2.05) is 12.2 Å². The van der Waals surface area contributed by atoms with E-state index in [1.54, 1.807) is 24.4 Å². The Labute approximate surface area is 203 Å². The number of aliphatic hydroxyl groups excluding tert-OH is 1. The molecule has 0 amide bonds. The number of nitrogens with two attached hydrogens (primary N) is 1. The number of nitrogens with zero attached hydrogens (tertiary/aromatic N) is 1. The van der Waals surface area contributed by atoms with E-state index in [-0.39, 0.29) is 16.9 Å². The van der Waals surface area contributed by atoms with E-state index in [4.69, 9.17) is 10.5 Å². The molecule has 3 N–H and O–H groups in total. The minimum absolute atomic E-state index is 0. The van der Waals surface area contributed by atoms with Crippen LogP contribution in [-0.2, 0) is 9.53 Å². The number of allylic oxidation sites excluding steroid dienone is 9. The molecule has 1 fully saturated rings. The summed E-state index contributed by atoms with van der Waals surface area (Å²) >= 11 is 0. The summed E-state index contributed by atoms with van der Waals surface area (Å²) in [4.78, 5) is 16.5. The number of ether oxygens (including phenoxy) is 1. The molecule has 186 valence electrons. The number of hydrogen-bond acceptors (Lipinski definition) is 5. The van der Waals surface area contributed by atoms with Gasteiger partial charge in [-0.3, -0.25) is 14.5 Å². The highest BCUT2D eigenvalue weighted by molar-refractivity contribution is 5.99. The van der Waals surface area contributed by atoms with Gasteiger partial charge in [0.25, 0.3) is 0 Å². The van der Waals surface area contributed by atoms with Crippen molar-refractivity contribution in [3.63, 3.8) is 0 Å². The van der Waals surface area contributed by atoms with Gasteiger partial charge in [-0.05, 0) is 60.5 Å². The molecular formula is C28H39FN2O3. The number of aliphatic hydroxyl groups is 1. The molecule has 1 unspecified atom stereocenters. The van der Waals surface area contributed by atoms with E-state index in [1.165, 1.54) is 31.9 Å². The lowest BCUT2D eigenvalue weighted by Crippen LogP contribution is -2.17. The van der Waals surface area contributed by atoms with Gasteiger partial charge in [0, 0.05) is 37.4 Å². The predicted molar refractivity (Wildman–Crippen MR) is 139 cm³/mol. The van der Waals surface area contributed by atoms with Crippen LogP contribution in [-0.4, -0.2) is 36.5 Å². The highest BCUT2D eigenvalue weighted by Crippen LogP contribution is 2.29. The molecule has 2 aliphatic carbocycles. The van der Waals surface area contributed by atoms with E-state index in [9.17, 15) is 9.90 Å². The molecule has 0 spiro atoms. The third-order valence-electron chi connectivity index (χ3n) is 5.87. The maximum Gasteiger partial charge on any atom is 0.166 e. The lowest BCUT2D eigenvalue weighted by Gasteiger charge is -2.19. The van der Waals surface area contributed by atoms with Gasteiger partial charge in [-0.15, -0.1) is 0 Å². The molecule has 2 aliphatic rings. The van der Waals surface area contributed by atoms with Crippen molar-refractivity contribution in [2.75, 3.05) is 13.2 Å². The summed E-state index contributed by atoms with van der Waals surface area (Å²) in [5, 5.41) is 10.4. The largest absolute Gasteiger partial charge is 0.368 e. The van der Waals surface area contributed by atoms with Crippen LogP contribution in [0.15, 0.2) is 89.2 Å².